The molecule has 6 N–H and O–H groups in total. The van der Waals surface area contributed by atoms with Crippen molar-refractivity contribution in [3.8, 4) is 10.6 Å². The van der Waals surface area contributed by atoms with Crippen LogP contribution < -0.4 is 22.1 Å². The van der Waals surface area contributed by atoms with E-state index in [4.69, 9.17) is 11.5 Å². The van der Waals surface area contributed by atoms with Crippen LogP contribution in [0.5, 0.6) is 0 Å². The molecule has 11 heteroatoms. The van der Waals surface area contributed by atoms with Gasteiger partial charge in [-0.05, 0) is 37.8 Å². The van der Waals surface area contributed by atoms with Gasteiger partial charge in [0.2, 0.25) is 0 Å². The molecule has 0 spiro atoms. The van der Waals surface area contributed by atoms with E-state index in [0.29, 0.717) is 11.5 Å². The fourth-order valence-electron chi connectivity index (χ4n) is 3.74. The van der Waals surface area contributed by atoms with E-state index in [-0.39, 0.29) is 33.3 Å². The van der Waals surface area contributed by atoms with E-state index < -0.39 is 17.5 Å². The molecule has 0 saturated heterocycles. The van der Waals surface area contributed by atoms with Crippen molar-refractivity contribution in [1.82, 2.24) is 14.8 Å². The minimum atomic E-state index is -0.773. The summed E-state index contributed by atoms with van der Waals surface area (Å²) in [5.74, 6) is -1.50. The monoisotopic (exact) mass is 447 g/mol. The van der Waals surface area contributed by atoms with Gasteiger partial charge in [-0.15, -0.1) is 0 Å². The molecule has 0 aliphatic heterocycles. The molecule has 0 bridgehead atoms. The number of nitrogen functional groups attached to an aromatic ring is 1. The van der Waals surface area contributed by atoms with E-state index in [1.807, 2.05) is 0 Å². The Morgan fingerprint density at radius 2 is 2.03 bits per heavy atom. The number of nitrogens with one attached hydrogen (secondary N) is 2. The zero-order valence-corrected chi connectivity index (χ0v) is 17.7. The standard InChI is InChI=1S/C20H23F2N7OS/c1-29-18(26-11-5-2-4-10(23)8-11)14(9-25-29)27-19(30)16-17(24)31-20(28-16)15-12(21)6-3-7-13(15)22/h3,6-7,9-11,26H,2,4-5,8,23-24H2,1H3,(H,27,30)/t10-,11-/m0/s1. The van der Waals surface area contributed by atoms with E-state index >= 15 is 0 Å². The van der Waals surface area contributed by atoms with Gasteiger partial charge >= 0.3 is 0 Å². The molecular weight excluding hydrogens is 424 g/mol. The summed E-state index contributed by atoms with van der Waals surface area (Å²) in [6.07, 6.45) is 5.35. The van der Waals surface area contributed by atoms with Gasteiger partial charge in [0, 0.05) is 19.1 Å². The minimum absolute atomic E-state index is 0.000946. The van der Waals surface area contributed by atoms with Crippen molar-refractivity contribution in [2.24, 2.45) is 12.8 Å². The molecule has 0 unspecified atom stereocenters. The lowest BCUT2D eigenvalue weighted by atomic mass is 9.91. The number of halogens is 2. The number of nitrogens with zero attached hydrogens (tertiary/aromatic N) is 3. The Morgan fingerprint density at radius 1 is 1.29 bits per heavy atom. The minimum Gasteiger partial charge on any atom is -0.389 e. The molecule has 164 valence electrons. The summed E-state index contributed by atoms with van der Waals surface area (Å²) in [5, 5.41) is 10.4. The number of amides is 1. The average molecular weight is 448 g/mol. The molecule has 1 amide bonds. The molecule has 0 radical (unpaired) electrons. The van der Waals surface area contributed by atoms with Crippen molar-refractivity contribution in [3.05, 3.63) is 41.7 Å². The Morgan fingerprint density at radius 3 is 2.74 bits per heavy atom. The molecule has 4 rings (SSSR count). The lowest BCUT2D eigenvalue weighted by molar-refractivity contribution is 0.102. The first-order valence-electron chi connectivity index (χ1n) is 9.89. The molecule has 1 aliphatic rings. The maximum atomic E-state index is 14.1. The Balaban J connectivity index is 1.55. The lowest BCUT2D eigenvalue weighted by Gasteiger charge is -2.28. The molecule has 31 heavy (non-hydrogen) atoms. The van der Waals surface area contributed by atoms with Crippen LogP contribution in [0.15, 0.2) is 24.4 Å². The van der Waals surface area contributed by atoms with Crippen LogP contribution in [-0.4, -0.2) is 32.8 Å². The summed E-state index contributed by atoms with van der Waals surface area (Å²) < 4.78 is 29.8. The highest BCUT2D eigenvalue weighted by molar-refractivity contribution is 7.19. The second-order valence-corrected chi connectivity index (χ2v) is 8.61. The summed E-state index contributed by atoms with van der Waals surface area (Å²) in [4.78, 5) is 16.9. The molecule has 1 aromatic carbocycles. The predicted molar refractivity (Wildman–Crippen MR) is 117 cm³/mol. The summed E-state index contributed by atoms with van der Waals surface area (Å²) in [5.41, 5.74) is 12.1. The zero-order chi connectivity index (χ0) is 22.1. The molecule has 3 aromatic rings. The Bertz CT molecular complexity index is 1090. The van der Waals surface area contributed by atoms with Gasteiger partial charge in [-0.25, -0.2) is 13.8 Å². The van der Waals surface area contributed by atoms with Crippen molar-refractivity contribution in [2.75, 3.05) is 16.4 Å². The van der Waals surface area contributed by atoms with Crippen molar-refractivity contribution in [2.45, 2.75) is 37.8 Å². The third-order valence-electron chi connectivity index (χ3n) is 5.29. The Labute approximate surface area is 181 Å². The number of rotatable bonds is 5. The van der Waals surface area contributed by atoms with Crippen molar-refractivity contribution in [1.29, 1.82) is 0 Å². The van der Waals surface area contributed by atoms with Crippen molar-refractivity contribution >= 4 is 33.8 Å². The summed E-state index contributed by atoms with van der Waals surface area (Å²) in [6.45, 7) is 0. The number of anilines is 3. The van der Waals surface area contributed by atoms with E-state index in [1.54, 1.807) is 11.7 Å². The predicted octanol–water partition coefficient (Wildman–Crippen LogP) is 3.34. The van der Waals surface area contributed by atoms with Crippen molar-refractivity contribution in [3.63, 3.8) is 0 Å². The quantitative estimate of drug-likeness (QED) is 0.476. The van der Waals surface area contributed by atoms with Gasteiger partial charge in [0.25, 0.3) is 5.91 Å². The lowest BCUT2D eigenvalue weighted by Crippen LogP contribution is -2.35. The molecule has 1 fully saturated rings. The van der Waals surface area contributed by atoms with Gasteiger partial charge in [0.05, 0.1) is 11.8 Å². The van der Waals surface area contributed by atoms with E-state index in [9.17, 15) is 13.6 Å². The van der Waals surface area contributed by atoms with Gasteiger partial charge in [-0.2, -0.15) is 5.10 Å². The molecule has 2 aromatic heterocycles. The first-order valence-corrected chi connectivity index (χ1v) is 10.7. The number of carbonyl (C=O) groups is 1. The highest BCUT2D eigenvalue weighted by Gasteiger charge is 2.24. The highest BCUT2D eigenvalue weighted by Crippen LogP contribution is 2.34. The van der Waals surface area contributed by atoms with Gasteiger partial charge in [-0.3, -0.25) is 9.48 Å². The number of aromatic nitrogens is 3. The van der Waals surface area contributed by atoms with Crippen LogP contribution >= 0.6 is 11.3 Å². The fourth-order valence-corrected chi connectivity index (χ4v) is 4.61. The SMILES string of the molecule is Cn1ncc(NC(=O)c2nc(-c3c(F)cccc3F)sc2N)c1N[C@H]1CCC[C@H](N)C1. The van der Waals surface area contributed by atoms with Crippen LogP contribution in [0.4, 0.5) is 25.3 Å². The second-order valence-electron chi connectivity index (χ2n) is 7.58. The summed E-state index contributed by atoms with van der Waals surface area (Å²) >= 11 is 0.848. The van der Waals surface area contributed by atoms with Crippen LogP contribution in [0, 0.1) is 11.6 Å². The van der Waals surface area contributed by atoms with Gasteiger partial charge in [0.1, 0.15) is 33.1 Å². The molecular formula is C20H23F2N7OS. The molecule has 1 aliphatic carbocycles. The third kappa shape index (κ3) is 4.37. The Hall–Kier alpha value is -3.05. The topological polar surface area (TPSA) is 124 Å². The fraction of sp³-hybridized carbons (Fsp3) is 0.350. The Kier molecular flexibility index (Phi) is 5.88. The molecule has 8 nitrogen and oxygen atoms in total. The number of nitrogens with two attached hydrogens (primary N) is 2. The number of thiazole rings is 1. The largest absolute Gasteiger partial charge is 0.389 e. The van der Waals surface area contributed by atoms with Crippen LogP contribution in [0.3, 0.4) is 0 Å². The first kappa shape index (κ1) is 21.2. The number of aryl methyl sites for hydroxylation is 1. The van der Waals surface area contributed by atoms with E-state index in [1.165, 1.54) is 12.3 Å². The van der Waals surface area contributed by atoms with Crippen LogP contribution in [0.1, 0.15) is 36.2 Å². The number of hydrogen-bond acceptors (Lipinski definition) is 7. The maximum absolute atomic E-state index is 14.1. The summed E-state index contributed by atoms with van der Waals surface area (Å²) in [7, 11) is 1.76. The highest BCUT2D eigenvalue weighted by atomic mass is 32.1. The van der Waals surface area contributed by atoms with Gasteiger partial charge in [0.15, 0.2) is 5.69 Å². The zero-order valence-electron chi connectivity index (χ0n) is 16.9. The summed E-state index contributed by atoms with van der Waals surface area (Å²) in [6, 6.07) is 3.83. The molecule has 2 atom stereocenters. The van der Waals surface area contributed by atoms with Gasteiger partial charge in [-0.1, -0.05) is 17.4 Å². The van der Waals surface area contributed by atoms with Crippen LogP contribution in [-0.2, 0) is 7.05 Å². The molecule has 2 heterocycles. The van der Waals surface area contributed by atoms with Crippen LogP contribution in [0.25, 0.3) is 10.6 Å². The van der Waals surface area contributed by atoms with Crippen LogP contribution in [0.2, 0.25) is 0 Å². The van der Waals surface area contributed by atoms with Gasteiger partial charge < -0.3 is 22.1 Å². The smallest absolute Gasteiger partial charge is 0.277 e. The average Bonchev–Trinajstić information content (AvgIpc) is 3.25. The number of benzene rings is 1. The van der Waals surface area contributed by atoms with E-state index in [0.717, 1.165) is 49.2 Å². The number of carbonyl (C=O) groups excluding carboxylic acids is 1. The number of hydrogen-bond donors (Lipinski definition) is 4. The third-order valence-corrected chi connectivity index (χ3v) is 6.19. The maximum Gasteiger partial charge on any atom is 0.277 e. The first-order chi connectivity index (χ1) is 14.8. The normalized spacial score (nSPS) is 18.7. The van der Waals surface area contributed by atoms with Crippen molar-refractivity contribution < 1.29 is 13.6 Å². The molecule has 1 saturated carbocycles. The second kappa shape index (κ2) is 8.60. The van der Waals surface area contributed by atoms with E-state index in [2.05, 4.69) is 20.7 Å².